The molecule has 1 saturated carbocycles. The van der Waals surface area contributed by atoms with Crippen molar-refractivity contribution in [2.45, 2.75) is 43.2 Å². The number of nitrogens with one attached hydrogen (secondary N) is 1. The molecule has 0 spiro atoms. The number of benzene rings is 2. The van der Waals surface area contributed by atoms with Gasteiger partial charge in [-0.3, -0.25) is 9.52 Å². The Balaban J connectivity index is 1.58. The number of hydrogen-bond donors (Lipinski definition) is 2. The van der Waals surface area contributed by atoms with Crippen LogP contribution < -0.4 is 4.72 Å². The molecule has 0 saturated heterocycles. The standard InChI is InChI=1S/C24H27N3O4S2/c28-17-20-8-4-5-9-22(20)27(16-18-6-2-1-3-7-18)23(29)19-10-12-21(13-11-19)33(30,31)26-24-25-14-15-32-24/h1-3,6-7,10-15,20,22,28H,4-5,8-9,16-17H2,(H,25,26)/t20-,22-/m1/s1. The molecule has 0 unspecified atom stereocenters. The third kappa shape index (κ3) is 5.61. The first kappa shape index (κ1) is 23.4. The number of rotatable bonds is 8. The summed E-state index contributed by atoms with van der Waals surface area (Å²) in [5, 5.41) is 11.9. The van der Waals surface area contributed by atoms with Crippen molar-refractivity contribution in [3.8, 4) is 0 Å². The summed E-state index contributed by atoms with van der Waals surface area (Å²) in [5.74, 6) is -0.130. The molecule has 1 heterocycles. The van der Waals surface area contributed by atoms with Crippen LogP contribution in [-0.4, -0.2) is 42.0 Å². The second-order valence-electron chi connectivity index (χ2n) is 8.18. The maximum Gasteiger partial charge on any atom is 0.263 e. The molecule has 2 atom stereocenters. The van der Waals surface area contributed by atoms with E-state index in [-0.39, 0.29) is 34.5 Å². The van der Waals surface area contributed by atoms with Gasteiger partial charge in [-0.15, -0.1) is 11.3 Å². The summed E-state index contributed by atoms with van der Waals surface area (Å²) < 4.78 is 27.7. The van der Waals surface area contributed by atoms with Crippen molar-refractivity contribution < 1.29 is 18.3 Å². The molecule has 3 aromatic rings. The fourth-order valence-electron chi connectivity index (χ4n) is 4.32. The highest BCUT2D eigenvalue weighted by atomic mass is 32.2. The van der Waals surface area contributed by atoms with E-state index in [9.17, 15) is 18.3 Å². The van der Waals surface area contributed by atoms with Crippen LogP contribution in [-0.2, 0) is 16.6 Å². The molecule has 33 heavy (non-hydrogen) atoms. The Morgan fingerprint density at radius 1 is 1.09 bits per heavy atom. The number of hydrogen-bond acceptors (Lipinski definition) is 6. The third-order valence-corrected chi connectivity index (χ3v) is 8.20. The summed E-state index contributed by atoms with van der Waals surface area (Å²) >= 11 is 1.19. The van der Waals surface area contributed by atoms with Crippen LogP contribution in [0.4, 0.5) is 5.13 Å². The number of aliphatic hydroxyl groups excluding tert-OH is 1. The zero-order valence-electron chi connectivity index (χ0n) is 18.1. The molecule has 0 bridgehead atoms. The quantitative estimate of drug-likeness (QED) is 0.500. The first-order valence-corrected chi connectivity index (χ1v) is 13.3. The topological polar surface area (TPSA) is 99.6 Å². The highest BCUT2D eigenvalue weighted by Crippen LogP contribution is 2.31. The Hall–Kier alpha value is -2.75. The number of carbonyl (C=O) groups is 1. The van der Waals surface area contributed by atoms with E-state index in [0.29, 0.717) is 12.1 Å². The third-order valence-electron chi connectivity index (χ3n) is 6.03. The molecule has 0 aliphatic heterocycles. The van der Waals surface area contributed by atoms with Crippen molar-refractivity contribution in [2.75, 3.05) is 11.3 Å². The van der Waals surface area contributed by atoms with Gasteiger partial charge in [-0.1, -0.05) is 43.2 Å². The summed E-state index contributed by atoms with van der Waals surface area (Å²) in [6.45, 7) is 0.481. The van der Waals surface area contributed by atoms with Crippen molar-refractivity contribution in [2.24, 2.45) is 5.92 Å². The van der Waals surface area contributed by atoms with Crippen molar-refractivity contribution in [1.82, 2.24) is 9.88 Å². The number of thiazole rings is 1. The molecule has 9 heteroatoms. The molecule has 174 valence electrons. The number of aromatic nitrogens is 1. The minimum Gasteiger partial charge on any atom is -0.396 e. The molecule has 1 fully saturated rings. The fourth-order valence-corrected chi connectivity index (χ4v) is 6.11. The van der Waals surface area contributed by atoms with Crippen LogP contribution in [0.2, 0.25) is 0 Å². The molecule has 1 aliphatic rings. The van der Waals surface area contributed by atoms with Crippen molar-refractivity contribution in [3.05, 3.63) is 77.3 Å². The van der Waals surface area contributed by atoms with Crippen LogP contribution in [0.3, 0.4) is 0 Å². The van der Waals surface area contributed by atoms with Gasteiger partial charge in [0, 0.05) is 42.3 Å². The first-order chi connectivity index (χ1) is 16.0. The highest BCUT2D eigenvalue weighted by Gasteiger charge is 2.33. The SMILES string of the molecule is O=C(c1ccc(S(=O)(=O)Nc2nccs2)cc1)N(Cc1ccccc1)[C@@H]1CCCC[C@@H]1CO. The van der Waals surface area contributed by atoms with Crippen LogP contribution in [0.5, 0.6) is 0 Å². The fraction of sp³-hybridized carbons (Fsp3) is 0.333. The lowest BCUT2D eigenvalue weighted by Crippen LogP contribution is -2.46. The monoisotopic (exact) mass is 485 g/mol. The van der Waals surface area contributed by atoms with E-state index in [4.69, 9.17) is 0 Å². The van der Waals surface area contributed by atoms with E-state index in [1.165, 1.54) is 29.7 Å². The molecule has 0 radical (unpaired) electrons. The normalized spacial score (nSPS) is 18.6. The lowest BCUT2D eigenvalue weighted by Gasteiger charge is -2.39. The lowest BCUT2D eigenvalue weighted by atomic mass is 9.83. The van der Waals surface area contributed by atoms with Gasteiger partial charge in [0.05, 0.1) is 4.90 Å². The number of anilines is 1. The second kappa shape index (κ2) is 10.5. The Bertz CT molecular complexity index is 1150. The minimum atomic E-state index is -3.79. The zero-order valence-corrected chi connectivity index (χ0v) is 19.8. The average molecular weight is 486 g/mol. The summed E-state index contributed by atoms with van der Waals surface area (Å²) in [4.78, 5) is 19.5. The number of carbonyl (C=O) groups excluding carboxylic acids is 1. The first-order valence-electron chi connectivity index (χ1n) is 11.0. The van der Waals surface area contributed by atoms with Gasteiger partial charge in [-0.2, -0.15) is 0 Å². The second-order valence-corrected chi connectivity index (χ2v) is 10.8. The van der Waals surface area contributed by atoms with Crippen LogP contribution in [0.25, 0.3) is 0 Å². The summed E-state index contributed by atoms with van der Waals surface area (Å²) in [6, 6.07) is 15.7. The average Bonchev–Trinajstić information content (AvgIpc) is 3.35. The number of sulfonamides is 1. The van der Waals surface area contributed by atoms with Crippen molar-refractivity contribution >= 4 is 32.4 Å². The van der Waals surface area contributed by atoms with Gasteiger partial charge in [0.25, 0.3) is 15.9 Å². The molecule has 1 aromatic heterocycles. The van der Waals surface area contributed by atoms with Gasteiger partial charge in [0.2, 0.25) is 0 Å². The Morgan fingerprint density at radius 2 is 1.82 bits per heavy atom. The predicted molar refractivity (Wildman–Crippen MR) is 129 cm³/mol. The van der Waals surface area contributed by atoms with E-state index in [1.807, 2.05) is 35.2 Å². The Kier molecular flexibility index (Phi) is 7.42. The van der Waals surface area contributed by atoms with Gasteiger partial charge in [-0.05, 0) is 42.7 Å². The van der Waals surface area contributed by atoms with Crippen molar-refractivity contribution in [1.29, 1.82) is 0 Å². The van der Waals surface area contributed by atoms with E-state index in [2.05, 4.69) is 9.71 Å². The van der Waals surface area contributed by atoms with E-state index >= 15 is 0 Å². The minimum absolute atomic E-state index is 0.0357. The van der Waals surface area contributed by atoms with Crippen LogP contribution >= 0.6 is 11.3 Å². The van der Waals surface area contributed by atoms with Gasteiger partial charge in [0.1, 0.15) is 0 Å². The van der Waals surface area contributed by atoms with Gasteiger partial charge < -0.3 is 10.0 Å². The molecule has 1 amide bonds. The molecular weight excluding hydrogens is 458 g/mol. The largest absolute Gasteiger partial charge is 0.396 e. The molecule has 4 rings (SSSR count). The van der Waals surface area contributed by atoms with Crippen LogP contribution in [0.15, 0.2) is 71.1 Å². The Labute approximate surface area is 198 Å². The Morgan fingerprint density at radius 3 is 2.48 bits per heavy atom. The maximum absolute atomic E-state index is 13.6. The maximum atomic E-state index is 13.6. The van der Waals surface area contributed by atoms with E-state index < -0.39 is 10.0 Å². The lowest BCUT2D eigenvalue weighted by molar-refractivity contribution is 0.0404. The predicted octanol–water partition coefficient (Wildman–Crippen LogP) is 4.14. The summed E-state index contributed by atoms with van der Waals surface area (Å²) in [5.41, 5.74) is 1.43. The molecule has 1 aliphatic carbocycles. The van der Waals surface area contributed by atoms with E-state index in [0.717, 1.165) is 31.2 Å². The van der Waals surface area contributed by atoms with Crippen LogP contribution in [0.1, 0.15) is 41.6 Å². The van der Waals surface area contributed by atoms with Gasteiger partial charge >= 0.3 is 0 Å². The number of amides is 1. The van der Waals surface area contributed by atoms with Gasteiger partial charge in [-0.25, -0.2) is 13.4 Å². The number of nitrogens with zero attached hydrogens (tertiary/aromatic N) is 2. The van der Waals surface area contributed by atoms with Crippen molar-refractivity contribution in [3.63, 3.8) is 0 Å². The van der Waals surface area contributed by atoms with E-state index in [1.54, 1.807) is 17.5 Å². The summed E-state index contributed by atoms with van der Waals surface area (Å²) in [7, 11) is -3.79. The number of aliphatic hydroxyl groups is 1. The summed E-state index contributed by atoms with van der Waals surface area (Å²) in [6.07, 6.45) is 5.32. The highest BCUT2D eigenvalue weighted by molar-refractivity contribution is 7.93. The molecule has 2 N–H and O–H groups in total. The van der Waals surface area contributed by atoms with Gasteiger partial charge in [0.15, 0.2) is 5.13 Å². The smallest absolute Gasteiger partial charge is 0.263 e. The molecular formula is C24H27N3O4S2. The zero-order chi connectivity index (χ0) is 23.3. The van der Waals surface area contributed by atoms with Crippen LogP contribution in [0, 0.1) is 5.92 Å². The molecule has 7 nitrogen and oxygen atoms in total. The molecule has 2 aromatic carbocycles.